The molecule has 0 saturated carbocycles. The van der Waals surface area contributed by atoms with Gasteiger partial charge >= 0.3 is 0 Å². The topological polar surface area (TPSA) is 19.6 Å². The lowest BCUT2D eigenvalue weighted by Gasteiger charge is -2.41. The van der Waals surface area contributed by atoms with Crippen molar-refractivity contribution in [1.29, 1.82) is 0 Å². The van der Waals surface area contributed by atoms with E-state index in [2.05, 4.69) is 22.8 Å². The maximum atomic E-state index is 5.44. The summed E-state index contributed by atoms with van der Waals surface area (Å²) in [5.41, 5.74) is 0. The molecule has 16 heavy (non-hydrogen) atoms. The Morgan fingerprint density at radius 3 is 3.19 bits per heavy atom. The summed E-state index contributed by atoms with van der Waals surface area (Å²) in [5.74, 6) is 1.10. The maximum Gasteiger partial charge on any atom is 0.117 e. The Bertz CT molecular complexity index is 336. The normalized spacial score (nSPS) is 31.8. The lowest BCUT2D eigenvalue weighted by molar-refractivity contribution is 0.0494. The molecule has 3 rings (SSSR count). The summed E-state index contributed by atoms with van der Waals surface area (Å²) >= 11 is 0. The highest BCUT2D eigenvalue weighted by Gasteiger charge is 2.34. The van der Waals surface area contributed by atoms with E-state index >= 15 is 0 Å². The van der Waals surface area contributed by atoms with Gasteiger partial charge in [0, 0.05) is 25.2 Å². The predicted octanol–water partition coefficient (Wildman–Crippen LogP) is 1.95. The molecular weight excluding hydrogens is 200 g/mol. The molecular formula is C13H20N2O. The van der Waals surface area contributed by atoms with Gasteiger partial charge in [0.05, 0.1) is 12.8 Å². The van der Waals surface area contributed by atoms with Crippen LogP contribution in [0.3, 0.4) is 0 Å². The molecule has 2 fully saturated rings. The van der Waals surface area contributed by atoms with E-state index in [-0.39, 0.29) is 0 Å². The van der Waals surface area contributed by atoms with Crippen LogP contribution in [0.2, 0.25) is 0 Å². The van der Waals surface area contributed by atoms with Gasteiger partial charge in [-0.2, -0.15) is 0 Å². The molecule has 3 nitrogen and oxygen atoms in total. The van der Waals surface area contributed by atoms with Gasteiger partial charge in [-0.1, -0.05) is 0 Å². The molecule has 2 aliphatic rings. The third-order valence-electron chi connectivity index (χ3n) is 4.01. The SMILES string of the molecule is C[C@@H]1CN2CCC[C@H]2CN1Cc1ccco1. The van der Waals surface area contributed by atoms with Gasteiger partial charge in [-0.25, -0.2) is 0 Å². The van der Waals surface area contributed by atoms with Gasteiger partial charge in [-0.3, -0.25) is 9.80 Å². The summed E-state index contributed by atoms with van der Waals surface area (Å²) in [6.07, 6.45) is 4.53. The number of nitrogens with zero attached hydrogens (tertiary/aromatic N) is 2. The van der Waals surface area contributed by atoms with Crippen molar-refractivity contribution in [3.8, 4) is 0 Å². The fourth-order valence-corrected chi connectivity index (χ4v) is 3.07. The Hall–Kier alpha value is -0.800. The minimum Gasteiger partial charge on any atom is -0.468 e. The first-order valence-corrected chi connectivity index (χ1v) is 6.33. The van der Waals surface area contributed by atoms with Gasteiger partial charge < -0.3 is 4.42 Å². The van der Waals surface area contributed by atoms with Crippen molar-refractivity contribution in [3.05, 3.63) is 24.2 Å². The summed E-state index contributed by atoms with van der Waals surface area (Å²) in [6, 6.07) is 5.50. The summed E-state index contributed by atoms with van der Waals surface area (Å²) in [4.78, 5) is 5.22. The van der Waals surface area contributed by atoms with E-state index in [0.29, 0.717) is 6.04 Å². The zero-order valence-electron chi connectivity index (χ0n) is 9.93. The highest BCUT2D eigenvalue weighted by molar-refractivity contribution is 5.00. The van der Waals surface area contributed by atoms with Crippen molar-refractivity contribution < 1.29 is 4.42 Å². The second kappa shape index (κ2) is 4.22. The molecule has 0 aromatic carbocycles. The molecule has 1 aromatic rings. The van der Waals surface area contributed by atoms with E-state index in [4.69, 9.17) is 4.42 Å². The minimum absolute atomic E-state index is 0.652. The molecule has 0 N–H and O–H groups in total. The van der Waals surface area contributed by atoms with Crippen molar-refractivity contribution in [2.75, 3.05) is 19.6 Å². The van der Waals surface area contributed by atoms with Gasteiger partial charge in [0.15, 0.2) is 0 Å². The Labute approximate surface area is 97.0 Å². The molecule has 0 radical (unpaired) electrons. The highest BCUT2D eigenvalue weighted by Crippen LogP contribution is 2.25. The summed E-state index contributed by atoms with van der Waals surface area (Å²) < 4.78 is 5.44. The van der Waals surface area contributed by atoms with E-state index < -0.39 is 0 Å². The zero-order valence-corrected chi connectivity index (χ0v) is 9.93. The van der Waals surface area contributed by atoms with Crippen LogP contribution in [0, 0.1) is 0 Å². The lowest BCUT2D eigenvalue weighted by atomic mass is 10.1. The van der Waals surface area contributed by atoms with E-state index in [9.17, 15) is 0 Å². The predicted molar refractivity (Wildman–Crippen MR) is 63.2 cm³/mol. The molecule has 0 unspecified atom stereocenters. The molecule has 0 spiro atoms. The quantitative estimate of drug-likeness (QED) is 0.759. The largest absolute Gasteiger partial charge is 0.468 e. The van der Waals surface area contributed by atoms with Crippen LogP contribution < -0.4 is 0 Å². The summed E-state index contributed by atoms with van der Waals surface area (Å²) in [5, 5.41) is 0. The highest BCUT2D eigenvalue weighted by atomic mass is 16.3. The monoisotopic (exact) mass is 220 g/mol. The molecule has 3 heterocycles. The number of hydrogen-bond acceptors (Lipinski definition) is 3. The summed E-state index contributed by atoms with van der Waals surface area (Å²) in [6.45, 7) is 7.05. The number of rotatable bonds is 2. The fraction of sp³-hybridized carbons (Fsp3) is 0.692. The minimum atomic E-state index is 0.652. The molecule has 2 aliphatic heterocycles. The van der Waals surface area contributed by atoms with Crippen LogP contribution in [0.1, 0.15) is 25.5 Å². The molecule has 3 heteroatoms. The molecule has 0 aliphatic carbocycles. The first kappa shape index (κ1) is 10.4. The molecule has 2 saturated heterocycles. The van der Waals surface area contributed by atoms with Gasteiger partial charge in [0.25, 0.3) is 0 Å². The van der Waals surface area contributed by atoms with E-state index in [1.807, 2.05) is 6.07 Å². The second-order valence-corrected chi connectivity index (χ2v) is 5.15. The first-order valence-electron chi connectivity index (χ1n) is 6.33. The van der Waals surface area contributed by atoms with Crippen molar-refractivity contribution in [1.82, 2.24) is 9.80 Å². The Kier molecular flexibility index (Phi) is 2.74. The third kappa shape index (κ3) is 1.89. The lowest BCUT2D eigenvalue weighted by Crippen LogP contribution is -2.54. The summed E-state index contributed by atoms with van der Waals surface area (Å²) in [7, 11) is 0. The first-order chi connectivity index (χ1) is 7.83. The van der Waals surface area contributed by atoms with Crippen molar-refractivity contribution in [2.45, 2.75) is 38.4 Å². The molecule has 88 valence electrons. The molecule has 1 aromatic heterocycles. The van der Waals surface area contributed by atoms with Crippen molar-refractivity contribution in [2.24, 2.45) is 0 Å². The van der Waals surface area contributed by atoms with Crippen LogP contribution in [-0.4, -0.2) is 41.5 Å². The van der Waals surface area contributed by atoms with Crippen LogP contribution in [0.5, 0.6) is 0 Å². The molecule has 2 atom stereocenters. The number of hydrogen-bond donors (Lipinski definition) is 0. The second-order valence-electron chi connectivity index (χ2n) is 5.15. The third-order valence-corrected chi connectivity index (χ3v) is 4.01. The van der Waals surface area contributed by atoms with E-state index in [1.165, 1.54) is 32.5 Å². The average molecular weight is 220 g/mol. The number of piperazine rings is 1. The van der Waals surface area contributed by atoms with Crippen LogP contribution in [0.25, 0.3) is 0 Å². The van der Waals surface area contributed by atoms with Crippen LogP contribution in [0.15, 0.2) is 22.8 Å². The fourth-order valence-electron chi connectivity index (χ4n) is 3.07. The maximum absolute atomic E-state index is 5.44. The van der Waals surface area contributed by atoms with Crippen molar-refractivity contribution >= 4 is 0 Å². The van der Waals surface area contributed by atoms with Crippen molar-refractivity contribution in [3.63, 3.8) is 0 Å². The van der Waals surface area contributed by atoms with Crippen LogP contribution in [0.4, 0.5) is 0 Å². The Morgan fingerprint density at radius 1 is 1.44 bits per heavy atom. The number of furan rings is 1. The average Bonchev–Trinajstić information content (AvgIpc) is 2.89. The smallest absolute Gasteiger partial charge is 0.117 e. The van der Waals surface area contributed by atoms with Gasteiger partial charge in [-0.05, 0) is 38.4 Å². The number of fused-ring (bicyclic) bond motifs is 1. The molecule has 0 bridgehead atoms. The molecule has 0 amide bonds. The van der Waals surface area contributed by atoms with Crippen LogP contribution >= 0.6 is 0 Å². The van der Waals surface area contributed by atoms with Crippen LogP contribution in [-0.2, 0) is 6.54 Å². The van der Waals surface area contributed by atoms with Gasteiger partial charge in [0.1, 0.15) is 5.76 Å². The van der Waals surface area contributed by atoms with E-state index in [1.54, 1.807) is 6.26 Å². The Balaban J connectivity index is 1.66. The standard InChI is InChI=1S/C13H20N2O/c1-11-8-14-6-2-4-12(14)9-15(11)10-13-5-3-7-16-13/h3,5,7,11-12H,2,4,6,8-10H2,1H3/t11-,12+/m1/s1. The van der Waals surface area contributed by atoms with Gasteiger partial charge in [-0.15, -0.1) is 0 Å². The Morgan fingerprint density at radius 2 is 2.38 bits per heavy atom. The zero-order chi connectivity index (χ0) is 11.0. The van der Waals surface area contributed by atoms with E-state index in [0.717, 1.165) is 18.3 Å². The van der Waals surface area contributed by atoms with Gasteiger partial charge in [0.2, 0.25) is 0 Å².